The van der Waals surface area contributed by atoms with Gasteiger partial charge in [0.2, 0.25) is 5.91 Å². The highest BCUT2D eigenvalue weighted by molar-refractivity contribution is 5.99. The summed E-state index contributed by atoms with van der Waals surface area (Å²) in [4.78, 5) is 26.9. The molecule has 2 saturated heterocycles. The van der Waals surface area contributed by atoms with Crippen molar-refractivity contribution in [1.29, 1.82) is 0 Å². The molecule has 0 radical (unpaired) electrons. The van der Waals surface area contributed by atoms with Crippen LogP contribution < -0.4 is 5.73 Å². The molecule has 126 valence electrons. The molecule has 1 spiro atoms. The van der Waals surface area contributed by atoms with Crippen LogP contribution in [0.5, 0.6) is 0 Å². The number of carbonyl (C=O) groups is 2. The molecule has 0 saturated carbocycles. The van der Waals surface area contributed by atoms with Crippen LogP contribution in [-0.2, 0) is 9.53 Å². The fourth-order valence-corrected chi connectivity index (χ4v) is 4.11. The second-order valence-corrected chi connectivity index (χ2v) is 6.58. The maximum absolute atomic E-state index is 13.0. The van der Waals surface area contributed by atoms with Gasteiger partial charge in [0, 0.05) is 25.2 Å². The van der Waals surface area contributed by atoms with Crippen molar-refractivity contribution in [1.82, 2.24) is 10.1 Å². The maximum atomic E-state index is 13.0. The van der Waals surface area contributed by atoms with Crippen LogP contribution in [0.1, 0.15) is 47.5 Å². The van der Waals surface area contributed by atoms with Crippen LogP contribution in [0.2, 0.25) is 0 Å². The molecule has 0 bridgehead atoms. The van der Waals surface area contributed by atoms with Gasteiger partial charge >= 0.3 is 0 Å². The van der Waals surface area contributed by atoms with Crippen LogP contribution >= 0.6 is 0 Å². The highest BCUT2D eigenvalue weighted by Gasteiger charge is 2.50. The minimum atomic E-state index is -0.596. The lowest BCUT2D eigenvalue weighted by Crippen LogP contribution is -2.61. The first-order chi connectivity index (χ1) is 11.0. The Morgan fingerprint density at radius 2 is 1.96 bits per heavy atom. The number of aromatic nitrogens is 1. The SMILES string of the molecule is Cc1noc(C)c1C(=O)N1CCCC2(CCOCC2)C1C(N)=O. The van der Waals surface area contributed by atoms with E-state index < -0.39 is 11.9 Å². The number of hydrogen-bond donors (Lipinski definition) is 1. The summed E-state index contributed by atoms with van der Waals surface area (Å²) in [5.41, 5.74) is 6.44. The Hall–Kier alpha value is -1.89. The minimum Gasteiger partial charge on any atom is -0.381 e. The number of primary amides is 1. The van der Waals surface area contributed by atoms with Crippen LogP contribution in [0.3, 0.4) is 0 Å². The van der Waals surface area contributed by atoms with Gasteiger partial charge in [0.1, 0.15) is 17.4 Å². The van der Waals surface area contributed by atoms with E-state index in [2.05, 4.69) is 5.16 Å². The minimum absolute atomic E-state index is 0.212. The number of carbonyl (C=O) groups excluding carboxylic acids is 2. The molecule has 1 aromatic heterocycles. The average Bonchev–Trinajstić information content (AvgIpc) is 2.85. The predicted molar refractivity (Wildman–Crippen MR) is 81.7 cm³/mol. The third-order valence-electron chi connectivity index (χ3n) is 5.23. The monoisotopic (exact) mass is 321 g/mol. The Morgan fingerprint density at radius 1 is 1.26 bits per heavy atom. The van der Waals surface area contributed by atoms with Gasteiger partial charge in [0.15, 0.2) is 0 Å². The molecule has 1 atom stereocenters. The van der Waals surface area contributed by atoms with Crippen molar-refractivity contribution in [3.63, 3.8) is 0 Å². The van der Waals surface area contributed by atoms with E-state index in [9.17, 15) is 9.59 Å². The standard InChI is InChI=1S/C16H23N3O4/c1-10-12(11(2)23-18-10)15(21)19-7-3-4-16(13(19)14(17)20)5-8-22-9-6-16/h13H,3-9H2,1-2H3,(H2,17,20). The Bertz CT molecular complexity index is 594. The van der Waals surface area contributed by atoms with E-state index in [0.717, 1.165) is 25.7 Å². The molecule has 7 nitrogen and oxygen atoms in total. The Labute approximate surface area is 135 Å². The van der Waals surface area contributed by atoms with E-state index in [1.54, 1.807) is 18.7 Å². The number of ether oxygens (including phenoxy) is 1. The van der Waals surface area contributed by atoms with Gasteiger partial charge in [-0.1, -0.05) is 5.16 Å². The largest absolute Gasteiger partial charge is 0.381 e. The molecule has 1 unspecified atom stereocenters. The van der Waals surface area contributed by atoms with Gasteiger partial charge in [-0.3, -0.25) is 9.59 Å². The second kappa shape index (κ2) is 5.96. The lowest BCUT2D eigenvalue weighted by Gasteiger charge is -2.50. The summed E-state index contributed by atoms with van der Waals surface area (Å²) in [6, 6.07) is -0.596. The molecular weight excluding hydrogens is 298 g/mol. The number of likely N-dealkylation sites (tertiary alicyclic amines) is 1. The summed E-state index contributed by atoms with van der Waals surface area (Å²) in [6.45, 7) is 5.19. The van der Waals surface area contributed by atoms with Crippen LogP contribution in [-0.4, -0.2) is 47.7 Å². The molecular formula is C16H23N3O4. The van der Waals surface area contributed by atoms with Crippen molar-refractivity contribution in [2.24, 2.45) is 11.1 Å². The molecule has 3 rings (SSSR count). The van der Waals surface area contributed by atoms with Crippen LogP contribution in [0.15, 0.2) is 4.52 Å². The van der Waals surface area contributed by atoms with Gasteiger partial charge < -0.3 is 19.9 Å². The molecule has 2 N–H and O–H groups in total. The smallest absolute Gasteiger partial charge is 0.260 e. The Morgan fingerprint density at radius 3 is 2.52 bits per heavy atom. The molecule has 2 fully saturated rings. The molecule has 1 aromatic rings. The lowest BCUT2D eigenvalue weighted by molar-refractivity contribution is -0.134. The Kier molecular flexibility index (Phi) is 4.14. The van der Waals surface area contributed by atoms with Crippen molar-refractivity contribution in [2.75, 3.05) is 19.8 Å². The summed E-state index contributed by atoms with van der Waals surface area (Å²) >= 11 is 0. The highest BCUT2D eigenvalue weighted by Crippen LogP contribution is 2.44. The number of nitrogens with two attached hydrogens (primary N) is 1. The van der Waals surface area contributed by atoms with Crippen LogP contribution in [0.4, 0.5) is 0 Å². The van der Waals surface area contributed by atoms with E-state index in [-0.39, 0.29) is 11.3 Å². The fourth-order valence-electron chi connectivity index (χ4n) is 4.11. The first-order valence-electron chi connectivity index (χ1n) is 8.07. The molecule has 2 amide bonds. The van der Waals surface area contributed by atoms with Gasteiger partial charge in [-0.2, -0.15) is 0 Å². The molecule has 0 aromatic carbocycles. The van der Waals surface area contributed by atoms with Crippen molar-refractivity contribution < 1.29 is 18.8 Å². The van der Waals surface area contributed by atoms with Crippen molar-refractivity contribution in [3.8, 4) is 0 Å². The first kappa shape index (κ1) is 16.0. The number of hydrogen-bond acceptors (Lipinski definition) is 5. The third kappa shape index (κ3) is 2.63. The van der Waals surface area contributed by atoms with Gasteiger partial charge in [0.05, 0.1) is 5.69 Å². The summed E-state index contributed by atoms with van der Waals surface area (Å²) < 4.78 is 10.6. The Balaban J connectivity index is 1.97. The lowest BCUT2D eigenvalue weighted by atomic mass is 9.67. The molecule has 0 aliphatic carbocycles. The number of nitrogens with zero attached hydrogens (tertiary/aromatic N) is 2. The number of amides is 2. The number of piperidine rings is 1. The summed E-state index contributed by atoms with van der Waals surface area (Å²) in [6.07, 6.45) is 3.27. The zero-order valence-electron chi connectivity index (χ0n) is 13.6. The van der Waals surface area contributed by atoms with E-state index in [4.69, 9.17) is 15.0 Å². The molecule has 23 heavy (non-hydrogen) atoms. The van der Waals surface area contributed by atoms with Crippen LogP contribution in [0.25, 0.3) is 0 Å². The summed E-state index contributed by atoms with van der Waals surface area (Å²) in [7, 11) is 0. The normalized spacial score (nSPS) is 23.9. The topological polar surface area (TPSA) is 98.7 Å². The predicted octanol–water partition coefficient (Wildman–Crippen LogP) is 1.18. The van der Waals surface area contributed by atoms with Crippen molar-refractivity contribution in [3.05, 3.63) is 17.0 Å². The maximum Gasteiger partial charge on any atom is 0.260 e. The average molecular weight is 321 g/mol. The summed E-state index contributed by atoms with van der Waals surface area (Å²) in [5, 5.41) is 3.85. The quantitative estimate of drug-likeness (QED) is 0.882. The van der Waals surface area contributed by atoms with Crippen LogP contribution in [0, 0.1) is 19.3 Å². The fraction of sp³-hybridized carbons (Fsp3) is 0.688. The molecule has 3 heterocycles. The van der Waals surface area contributed by atoms with Gasteiger partial charge in [-0.25, -0.2) is 0 Å². The highest BCUT2D eigenvalue weighted by atomic mass is 16.5. The molecule has 2 aliphatic heterocycles. The van der Waals surface area contributed by atoms with E-state index >= 15 is 0 Å². The van der Waals surface area contributed by atoms with E-state index in [1.165, 1.54) is 0 Å². The first-order valence-corrected chi connectivity index (χ1v) is 8.07. The zero-order valence-corrected chi connectivity index (χ0v) is 13.6. The zero-order chi connectivity index (χ0) is 16.6. The molecule has 2 aliphatic rings. The van der Waals surface area contributed by atoms with Gasteiger partial charge in [-0.15, -0.1) is 0 Å². The van der Waals surface area contributed by atoms with Crippen molar-refractivity contribution >= 4 is 11.8 Å². The van der Waals surface area contributed by atoms with E-state index in [1.807, 2.05) is 0 Å². The summed E-state index contributed by atoms with van der Waals surface area (Å²) in [5.74, 6) is -0.176. The number of aryl methyl sites for hydroxylation is 2. The van der Waals surface area contributed by atoms with Crippen molar-refractivity contribution in [2.45, 2.75) is 45.6 Å². The second-order valence-electron chi connectivity index (χ2n) is 6.58. The van der Waals surface area contributed by atoms with Gasteiger partial charge in [0.25, 0.3) is 5.91 Å². The van der Waals surface area contributed by atoms with E-state index in [0.29, 0.717) is 36.8 Å². The third-order valence-corrected chi connectivity index (χ3v) is 5.23. The molecule has 7 heteroatoms. The van der Waals surface area contributed by atoms with Gasteiger partial charge in [-0.05, 0) is 39.5 Å². The number of rotatable bonds is 2.